The molecule has 0 aliphatic heterocycles. The second-order valence-corrected chi connectivity index (χ2v) is 8.79. The van der Waals surface area contributed by atoms with Gasteiger partial charge in [0, 0.05) is 29.6 Å². The smallest absolute Gasteiger partial charge is 0.224 e. The molecule has 2 aromatic rings. The van der Waals surface area contributed by atoms with Gasteiger partial charge in [0.1, 0.15) is 5.69 Å². The fourth-order valence-corrected chi connectivity index (χ4v) is 3.26. The highest BCUT2D eigenvalue weighted by Gasteiger charge is 2.14. The fraction of sp³-hybridized carbons (Fsp3) is 0.438. The molecule has 0 unspecified atom stereocenters. The Bertz CT molecular complexity index is 772. The van der Waals surface area contributed by atoms with E-state index >= 15 is 0 Å². The maximum absolute atomic E-state index is 11.9. The van der Waals surface area contributed by atoms with E-state index in [0.717, 1.165) is 16.9 Å². The van der Waals surface area contributed by atoms with E-state index in [1.54, 1.807) is 13.8 Å². The first kappa shape index (κ1) is 19.5. The Kier molecular flexibility index (Phi) is 7.03. The first-order valence-electron chi connectivity index (χ1n) is 8.04. The van der Waals surface area contributed by atoms with E-state index in [1.807, 2.05) is 29.6 Å². The van der Waals surface area contributed by atoms with Crippen molar-refractivity contribution >= 4 is 33.2 Å². The normalized spacial score (nSPS) is 11.6. The van der Waals surface area contributed by atoms with Crippen LogP contribution in [-0.2, 0) is 14.8 Å². The number of rotatable bonds is 9. The maximum atomic E-state index is 11.9. The molecule has 0 saturated carbocycles. The van der Waals surface area contributed by atoms with Crippen LogP contribution in [0, 0.1) is 0 Å². The van der Waals surface area contributed by atoms with Gasteiger partial charge in [-0.1, -0.05) is 16.6 Å². The number of carbonyl (C=O) groups is 1. The highest BCUT2D eigenvalue weighted by atomic mass is 32.2. The van der Waals surface area contributed by atoms with Crippen LogP contribution < -0.4 is 10.0 Å². The molecule has 7 nitrogen and oxygen atoms in total. The van der Waals surface area contributed by atoms with Gasteiger partial charge in [-0.3, -0.25) is 4.79 Å². The van der Waals surface area contributed by atoms with E-state index in [-0.39, 0.29) is 5.91 Å². The van der Waals surface area contributed by atoms with Crippen molar-refractivity contribution in [2.75, 3.05) is 11.9 Å². The summed E-state index contributed by atoms with van der Waals surface area (Å²) >= 11 is 1.29. The van der Waals surface area contributed by atoms with Gasteiger partial charge in [0.2, 0.25) is 15.9 Å². The largest absolute Gasteiger partial charge is 0.326 e. The Balaban J connectivity index is 1.70. The Hall–Kier alpha value is -1.84. The fourth-order valence-electron chi connectivity index (χ4n) is 2.03. The predicted octanol–water partition coefficient (Wildman–Crippen LogP) is 2.64. The Labute approximate surface area is 152 Å². The molecular formula is C16H22N4O3S2. The average molecular weight is 383 g/mol. The molecule has 0 bridgehead atoms. The number of hydrogen-bond acceptors (Lipinski definition) is 6. The molecule has 1 aromatic heterocycles. The minimum Gasteiger partial charge on any atom is -0.326 e. The summed E-state index contributed by atoms with van der Waals surface area (Å²) in [5, 5.41) is 8.24. The minimum atomic E-state index is -3.23. The van der Waals surface area contributed by atoms with E-state index in [0.29, 0.717) is 25.8 Å². The number of anilines is 1. The maximum Gasteiger partial charge on any atom is 0.224 e. The van der Waals surface area contributed by atoms with Crippen molar-refractivity contribution in [1.29, 1.82) is 0 Å². The van der Waals surface area contributed by atoms with Crippen LogP contribution in [0.25, 0.3) is 11.3 Å². The van der Waals surface area contributed by atoms with Gasteiger partial charge in [-0.25, -0.2) is 13.1 Å². The van der Waals surface area contributed by atoms with Gasteiger partial charge in [-0.2, -0.15) is 0 Å². The zero-order valence-corrected chi connectivity index (χ0v) is 15.9. The third-order valence-corrected chi connectivity index (χ3v) is 5.93. The molecule has 1 aromatic carbocycles. The predicted molar refractivity (Wildman–Crippen MR) is 99.9 cm³/mol. The third kappa shape index (κ3) is 6.18. The van der Waals surface area contributed by atoms with Crippen LogP contribution in [0.4, 0.5) is 5.69 Å². The van der Waals surface area contributed by atoms with Crippen LogP contribution in [0.3, 0.4) is 0 Å². The molecule has 1 heterocycles. The monoisotopic (exact) mass is 382 g/mol. The van der Waals surface area contributed by atoms with Gasteiger partial charge < -0.3 is 5.32 Å². The topological polar surface area (TPSA) is 101 Å². The first-order valence-corrected chi connectivity index (χ1v) is 10.4. The summed E-state index contributed by atoms with van der Waals surface area (Å²) < 4.78 is 29.5. The standard InChI is InChI=1S/C16H22N4O3S2/c1-12(2)25(22,23)17-10-4-3-5-16(21)18-14-8-6-13(7-9-14)15-11-24-20-19-15/h6-9,11-12,17H,3-5,10H2,1-2H3,(H,18,21). The number of nitrogens with one attached hydrogen (secondary N) is 2. The molecular weight excluding hydrogens is 360 g/mol. The highest BCUT2D eigenvalue weighted by Crippen LogP contribution is 2.20. The van der Waals surface area contributed by atoms with Crippen LogP contribution in [0.2, 0.25) is 0 Å². The number of aromatic nitrogens is 2. The lowest BCUT2D eigenvalue weighted by Gasteiger charge is -2.09. The van der Waals surface area contributed by atoms with Crippen molar-refractivity contribution in [3.8, 4) is 11.3 Å². The molecule has 0 saturated heterocycles. The van der Waals surface area contributed by atoms with Gasteiger partial charge in [0.25, 0.3) is 0 Å². The zero-order valence-electron chi connectivity index (χ0n) is 14.2. The summed E-state index contributed by atoms with van der Waals surface area (Å²) in [6.07, 6.45) is 1.59. The van der Waals surface area contributed by atoms with Crippen molar-refractivity contribution in [3.05, 3.63) is 29.6 Å². The van der Waals surface area contributed by atoms with Crippen LogP contribution in [-0.4, -0.2) is 35.7 Å². The summed E-state index contributed by atoms with van der Waals surface area (Å²) in [4.78, 5) is 11.9. The Morgan fingerprint density at radius 1 is 1.20 bits per heavy atom. The Morgan fingerprint density at radius 2 is 1.92 bits per heavy atom. The third-order valence-electron chi connectivity index (χ3n) is 3.58. The van der Waals surface area contributed by atoms with Crippen LogP contribution in [0.5, 0.6) is 0 Å². The van der Waals surface area contributed by atoms with Crippen molar-refractivity contribution in [2.45, 2.75) is 38.4 Å². The van der Waals surface area contributed by atoms with E-state index in [2.05, 4.69) is 19.6 Å². The molecule has 1 amide bonds. The molecule has 25 heavy (non-hydrogen) atoms. The Morgan fingerprint density at radius 3 is 2.52 bits per heavy atom. The number of hydrogen-bond donors (Lipinski definition) is 2. The lowest BCUT2D eigenvalue weighted by molar-refractivity contribution is -0.116. The van der Waals surface area contributed by atoms with Gasteiger partial charge >= 0.3 is 0 Å². The quantitative estimate of drug-likeness (QED) is 0.649. The molecule has 0 aliphatic carbocycles. The minimum absolute atomic E-state index is 0.0882. The van der Waals surface area contributed by atoms with Crippen LogP contribution >= 0.6 is 11.5 Å². The van der Waals surface area contributed by atoms with Gasteiger partial charge in [-0.15, -0.1) is 5.10 Å². The summed E-state index contributed by atoms with van der Waals surface area (Å²) in [5.41, 5.74) is 2.48. The van der Waals surface area contributed by atoms with E-state index < -0.39 is 15.3 Å². The summed E-state index contributed by atoms with van der Waals surface area (Å²) in [5.74, 6) is -0.0882. The summed E-state index contributed by atoms with van der Waals surface area (Å²) in [7, 11) is -3.23. The second-order valence-electron chi connectivity index (χ2n) is 5.86. The molecule has 0 spiro atoms. The van der Waals surface area contributed by atoms with E-state index in [9.17, 15) is 13.2 Å². The SMILES string of the molecule is CC(C)S(=O)(=O)NCCCCC(=O)Nc1ccc(-c2csnn2)cc1. The van der Waals surface area contributed by atoms with Crippen molar-refractivity contribution in [1.82, 2.24) is 14.3 Å². The molecule has 0 aliphatic rings. The zero-order chi connectivity index (χ0) is 18.3. The molecule has 2 rings (SSSR count). The van der Waals surface area contributed by atoms with Crippen molar-refractivity contribution < 1.29 is 13.2 Å². The first-order chi connectivity index (χ1) is 11.9. The lowest BCUT2D eigenvalue weighted by Crippen LogP contribution is -2.31. The number of sulfonamides is 1. The van der Waals surface area contributed by atoms with Crippen molar-refractivity contribution in [3.63, 3.8) is 0 Å². The second kappa shape index (κ2) is 9.02. The number of carbonyl (C=O) groups excluding carboxylic acids is 1. The number of nitrogens with zero attached hydrogens (tertiary/aromatic N) is 2. The summed E-state index contributed by atoms with van der Waals surface area (Å²) in [6.45, 7) is 3.61. The van der Waals surface area contributed by atoms with E-state index in [4.69, 9.17) is 0 Å². The molecule has 0 atom stereocenters. The highest BCUT2D eigenvalue weighted by molar-refractivity contribution is 7.90. The lowest BCUT2D eigenvalue weighted by atomic mass is 10.1. The molecule has 136 valence electrons. The van der Waals surface area contributed by atoms with Gasteiger partial charge in [0.15, 0.2) is 0 Å². The number of unbranched alkanes of at least 4 members (excludes halogenated alkanes) is 1. The summed E-state index contributed by atoms with van der Waals surface area (Å²) in [6, 6.07) is 7.41. The van der Waals surface area contributed by atoms with Crippen LogP contribution in [0.1, 0.15) is 33.1 Å². The molecule has 9 heteroatoms. The molecule has 0 fully saturated rings. The number of amides is 1. The molecule has 0 radical (unpaired) electrons. The van der Waals surface area contributed by atoms with Crippen molar-refractivity contribution in [2.24, 2.45) is 0 Å². The van der Waals surface area contributed by atoms with E-state index in [1.165, 1.54) is 11.5 Å². The number of benzene rings is 1. The van der Waals surface area contributed by atoms with Crippen LogP contribution in [0.15, 0.2) is 29.6 Å². The molecule has 2 N–H and O–H groups in total. The van der Waals surface area contributed by atoms with Gasteiger partial charge in [-0.05, 0) is 50.4 Å². The van der Waals surface area contributed by atoms with Gasteiger partial charge in [0.05, 0.1) is 5.25 Å². The average Bonchev–Trinajstić information content (AvgIpc) is 3.09.